The number of methoxy groups -OCH3 is 1. The number of imidazole rings is 1. The van der Waals surface area contributed by atoms with E-state index in [0.29, 0.717) is 40.0 Å². The van der Waals surface area contributed by atoms with E-state index in [4.69, 9.17) is 26.7 Å². The third-order valence-electron chi connectivity index (χ3n) is 15.7. The molecule has 4 aromatic carbocycles. The van der Waals surface area contributed by atoms with Gasteiger partial charge in [0.15, 0.2) is 34.5 Å². The number of rotatable bonds is 10. The molecule has 87 heavy (non-hydrogen) atoms. The van der Waals surface area contributed by atoms with E-state index >= 15 is 0 Å². The molecule has 0 aliphatic carbocycles. The average molecular weight is 1170 g/mol. The third kappa shape index (κ3) is 13.3. The second kappa shape index (κ2) is 25.5. The Hall–Kier alpha value is -10.3. The molecule has 10 aromatic rings. The molecule has 0 atom stereocenters. The van der Waals surface area contributed by atoms with Crippen molar-refractivity contribution in [1.29, 1.82) is 0 Å². The molecule has 3 aliphatic heterocycles. The van der Waals surface area contributed by atoms with E-state index in [1.807, 2.05) is 0 Å². The van der Waals surface area contributed by atoms with Gasteiger partial charge in [-0.2, -0.15) is 0 Å². The number of benzene rings is 4. The van der Waals surface area contributed by atoms with E-state index in [0.717, 1.165) is 80.9 Å². The van der Waals surface area contributed by atoms with Crippen molar-refractivity contribution >= 4 is 46.3 Å². The summed E-state index contributed by atoms with van der Waals surface area (Å²) in [6, 6.07) is 23.4. The number of anilines is 5. The second-order valence-corrected chi connectivity index (χ2v) is 22.1. The molecule has 6 aromatic heterocycles. The van der Waals surface area contributed by atoms with Crippen LogP contribution in [0.25, 0.3) is 39.4 Å². The molecule has 0 radical (unpaired) electrons. The van der Waals surface area contributed by atoms with Crippen LogP contribution in [0.15, 0.2) is 129 Å². The van der Waals surface area contributed by atoms with Gasteiger partial charge in [-0.15, -0.1) is 0 Å². The number of nitrogens with one attached hydrogen (secondary N) is 2. The highest BCUT2D eigenvalue weighted by Crippen LogP contribution is 2.34. The third-order valence-corrected chi connectivity index (χ3v) is 15.7. The first-order chi connectivity index (χ1) is 42.0. The number of carbonyl (C=O) groups excluding carboxylic acids is 2. The van der Waals surface area contributed by atoms with Crippen LogP contribution in [0.2, 0.25) is 0 Å². The monoisotopic (exact) mass is 1160 g/mol. The number of amides is 2. The number of aromatic nitrogens is 10. The van der Waals surface area contributed by atoms with Crippen LogP contribution in [-0.4, -0.2) is 124 Å². The van der Waals surface area contributed by atoms with Gasteiger partial charge in [-0.25, -0.2) is 34.9 Å². The fraction of sp³-hybridized carbons (Fsp3) is 0.246. The minimum absolute atomic E-state index is 0.0965. The van der Waals surface area contributed by atoms with Gasteiger partial charge in [0, 0.05) is 80.2 Å². The van der Waals surface area contributed by atoms with Crippen LogP contribution in [0.3, 0.4) is 0 Å². The largest absolute Gasteiger partial charge is 0.497 e. The smallest absolute Gasteiger partial charge is 0.278 e. The summed E-state index contributed by atoms with van der Waals surface area (Å²) in [5, 5.41) is 5.57. The summed E-state index contributed by atoms with van der Waals surface area (Å²) in [5.74, 6) is 1.08. The SMILES string of the molecule is COc1ccc(NC(=O)c2nc(-c3cc(C)c4c(c3)CN(C)CC4)cnc2N)cc1.Cc1cc(-c2cnc(N)c(C(=O)Nc3cccnc3)n2)cc2c1CCN(C)C2.Cc1cc(-c2cnc(N)c(Oc3cnc4cnccn34)n2)cc2c1CCN(C)C2. The van der Waals surface area contributed by atoms with Gasteiger partial charge >= 0.3 is 0 Å². The number of nitrogens with zero attached hydrogens (tertiary/aromatic N) is 13. The zero-order chi connectivity index (χ0) is 60.9. The maximum atomic E-state index is 12.8. The first-order valence-electron chi connectivity index (χ1n) is 28.5. The summed E-state index contributed by atoms with van der Waals surface area (Å²) < 4.78 is 12.9. The zero-order valence-corrected chi connectivity index (χ0v) is 49.7. The molecule has 442 valence electrons. The lowest BCUT2D eigenvalue weighted by atomic mass is 9.92. The molecule has 0 unspecified atom stereocenters. The molecule has 13 rings (SSSR count). The summed E-state index contributed by atoms with van der Waals surface area (Å²) in [4.78, 5) is 71.1. The van der Waals surface area contributed by atoms with Crippen LogP contribution in [0, 0.1) is 20.8 Å². The lowest BCUT2D eigenvalue weighted by Gasteiger charge is -2.27. The van der Waals surface area contributed by atoms with Crippen LogP contribution in [0.4, 0.5) is 28.8 Å². The maximum absolute atomic E-state index is 12.8. The van der Waals surface area contributed by atoms with Gasteiger partial charge < -0.3 is 52.0 Å². The number of ether oxygens (including phenoxy) is 2. The molecule has 0 spiro atoms. The molecule has 0 saturated carbocycles. The Labute approximate surface area is 503 Å². The van der Waals surface area contributed by atoms with Crippen molar-refractivity contribution in [3.05, 3.63) is 190 Å². The van der Waals surface area contributed by atoms with Crippen LogP contribution in [-0.2, 0) is 38.9 Å². The Morgan fingerprint density at radius 3 is 1.48 bits per heavy atom. The van der Waals surface area contributed by atoms with Crippen LogP contribution in [0.5, 0.6) is 17.5 Å². The Morgan fingerprint density at radius 1 is 0.529 bits per heavy atom. The molecule has 0 saturated heterocycles. The zero-order valence-electron chi connectivity index (χ0n) is 49.7. The van der Waals surface area contributed by atoms with Gasteiger partial charge in [0.05, 0.1) is 67.1 Å². The van der Waals surface area contributed by atoms with E-state index in [1.54, 1.807) is 104 Å². The van der Waals surface area contributed by atoms with Crippen molar-refractivity contribution in [2.24, 2.45) is 0 Å². The van der Waals surface area contributed by atoms with Gasteiger partial charge in [-0.1, -0.05) is 0 Å². The molecule has 0 bridgehead atoms. The lowest BCUT2D eigenvalue weighted by molar-refractivity contribution is 0.101. The normalized spacial score (nSPS) is 13.8. The van der Waals surface area contributed by atoms with Crippen LogP contribution >= 0.6 is 0 Å². The number of likely N-dealkylation sites (N-methyl/N-ethyl adjacent to an activating group) is 3. The number of carbonyl (C=O) groups is 2. The highest BCUT2D eigenvalue weighted by Gasteiger charge is 2.23. The fourth-order valence-electron chi connectivity index (χ4n) is 11.1. The summed E-state index contributed by atoms with van der Waals surface area (Å²) in [6.07, 6.45) is 18.0. The maximum Gasteiger partial charge on any atom is 0.278 e. The second-order valence-electron chi connectivity index (χ2n) is 22.1. The van der Waals surface area contributed by atoms with Gasteiger partial charge in [0.1, 0.15) is 5.75 Å². The molecule has 2 amide bonds. The van der Waals surface area contributed by atoms with E-state index in [2.05, 4.69) is 149 Å². The Morgan fingerprint density at radius 2 is 1.00 bits per heavy atom. The van der Waals surface area contributed by atoms with Crippen molar-refractivity contribution in [3.8, 4) is 51.3 Å². The van der Waals surface area contributed by atoms with Crippen molar-refractivity contribution in [1.82, 2.24) is 64.0 Å². The summed E-state index contributed by atoms with van der Waals surface area (Å²) in [5.41, 5.74) is 36.8. The van der Waals surface area contributed by atoms with E-state index in [9.17, 15) is 9.59 Å². The summed E-state index contributed by atoms with van der Waals surface area (Å²) in [6.45, 7) is 12.3. The average Bonchev–Trinajstić information content (AvgIpc) is 4.10. The van der Waals surface area contributed by atoms with Crippen molar-refractivity contribution in [2.75, 3.05) is 75.7 Å². The van der Waals surface area contributed by atoms with Crippen molar-refractivity contribution in [2.45, 2.75) is 59.7 Å². The molecule has 22 heteroatoms. The molecule has 0 fully saturated rings. The first kappa shape index (κ1) is 58.5. The van der Waals surface area contributed by atoms with Crippen LogP contribution in [0.1, 0.15) is 71.0 Å². The van der Waals surface area contributed by atoms with Crippen LogP contribution < -0.4 is 37.3 Å². The minimum atomic E-state index is -0.408. The predicted octanol–water partition coefficient (Wildman–Crippen LogP) is 8.81. The van der Waals surface area contributed by atoms with E-state index in [1.165, 1.54) is 50.1 Å². The number of aryl methyl sites for hydroxylation is 3. The van der Waals surface area contributed by atoms with Crippen molar-refractivity contribution < 1.29 is 19.1 Å². The highest BCUT2D eigenvalue weighted by atomic mass is 16.5. The van der Waals surface area contributed by atoms with E-state index in [-0.39, 0.29) is 34.7 Å². The molecule has 9 heterocycles. The number of nitrogen functional groups attached to an aromatic ring is 3. The van der Waals surface area contributed by atoms with Gasteiger partial charge in [-0.3, -0.25) is 24.0 Å². The van der Waals surface area contributed by atoms with Gasteiger partial charge in [0.2, 0.25) is 5.88 Å². The summed E-state index contributed by atoms with van der Waals surface area (Å²) in [7, 11) is 7.98. The lowest BCUT2D eigenvalue weighted by Crippen LogP contribution is -2.27. The first-order valence-corrected chi connectivity index (χ1v) is 28.5. The summed E-state index contributed by atoms with van der Waals surface area (Å²) >= 11 is 0. The number of pyridine rings is 1. The number of hydrogen-bond donors (Lipinski definition) is 5. The molecule has 8 N–H and O–H groups in total. The highest BCUT2D eigenvalue weighted by molar-refractivity contribution is 6.06. The number of nitrogens with two attached hydrogens (primary N) is 3. The molecular weight excluding hydrogens is 1100 g/mol. The predicted molar refractivity (Wildman–Crippen MR) is 336 cm³/mol. The van der Waals surface area contributed by atoms with Gasteiger partial charge in [0.25, 0.3) is 17.7 Å². The van der Waals surface area contributed by atoms with Gasteiger partial charge in [-0.05, 0) is 184 Å². The molecular formula is C65H68N18O4. The molecule has 22 nitrogen and oxygen atoms in total. The number of fused-ring (bicyclic) bond motifs is 4. The quantitative estimate of drug-likeness (QED) is 0.0854. The Kier molecular flexibility index (Phi) is 17.1. The topological polar surface area (TPSA) is 285 Å². The Balaban J connectivity index is 0.000000135. The fourth-order valence-corrected chi connectivity index (χ4v) is 11.1. The Bertz CT molecular complexity index is 4200. The molecule has 3 aliphatic rings. The standard InChI is InChI=1S/C23H25N5O2.C21H21N7O.C21H22N6O/c1-14-10-15(11-16-13-28(2)9-8-19(14)16)20-12-25-22(24)21(27-20)23(29)26-17-4-6-18(30-3)7-5-17;1-13-7-14(8-15-12-27(2)5-3-16(13)15)17-9-25-20(22)21(26-17)29-19-11-24-18-10-23-4-6-28(18)19;1-13-8-14(9-15-12-27(2)7-5-17(13)15)18-11-24-20(22)19(26-18)21(28)25-16-4-3-6-23-10-16/h4-7,10-12H,8-9,13H2,1-3H3,(H2,24,25)(H,26,29);4,6-11H,3,5,12H2,1-2H3,(H2,22,25);3-4,6,8-11H,5,7,12H2,1-2H3,(H2,22,24)(H,25,28). The van der Waals surface area contributed by atoms with E-state index < -0.39 is 11.8 Å². The number of hydrogen-bond acceptors (Lipinski definition) is 19. The minimum Gasteiger partial charge on any atom is -0.497 e. The van der Waals surface area contributed by atoms with Crippen molar-refractivity contribution in [3.63, 3.8) is 0 Å².